The molecule has 102 valence electrons. The lowest BCUT2D eigenvalue weighted by atomic mass is 9.88. The first-order chi connectivity index (χ1) is 9.17. The third-order valence-electron chi connectivity index (χ3n) is 3.71. The van der Waals surface area contributed by atoms with Crippen molar-refractivity contribution in [3.05, 3.63) is 41.0 Å². The fraction of sp³-hybridized carbons (Fsp3) is 0.438. The highest BCUT2D eigenvalue weighted by atomic mass is 35.5. The second kappa shape index (κ2) is 6.36. The number of likely N-dealkylation sites (N-methyl/N-ethyl adjacent to an activating group) is 1. The molecule has 0 bridgehead atoms. The van der Waals surface area contributed by atoms with Crippen molar-refractivity contribution in [1.82, 2.24) is 10.3 Å². The quantitative estimate of drug-likeness (QED) is 0.877. The molecule has 2 unspecified atom stereocenters. The molecule has 0 saturated carbocycles. The molecule has 19 heavy (non-hydrogen) atoms. The van der Waals surface area contributed by atoms with Crippen molar-refractivity contribution in [3.63, 3.8) is 0 Å². The lowest BCUT2D eigenvalue weighted by molar-refractivity contribution is 0.462. The molecular weight excluding hydrogens is 256 g/mol. The van der Waals surface area contributed by atoms with Gasteiger partial charge in [0.15, 0.2) is 0 Å². The van der Waals surface area contributed by atoms with Crippen LogP contribution in [0.3, 0.4) is 0 Å². The number of benzene rings is 1. The van der Waals surface area contributed by atoms with E-state index in [1.807, 2.05) is 18.3 Å². The van der Waals surface area contributed by atoms with Crippen LogP contribution in [0.15, 0.2) is 30.5 Å². The molecule has 1 aromatic heterocycles. The summed E-state index contributed by atoms with van der Waals surface area (Å²) in [4.78, 5) is 4.42. The van der Waals surface area contributed by atoms with Crippen LogP contribution in [0.25, 0.3) is 10.9 Å². The van der Waals surface area contributed by atoms with E-state index in [2.05, 4.69) is 43.2 Å². The molecule has 2 atom stereocenters. The molecular formula is C16H21ClN2. The number of pyridine rings is 1. The van der Waals surface area contributed by atoms with E-state index in [0.717, 1.165) is 23.5 Å². The molecule has 2 nitrogen and oxygen atoms in total. The third kappa shape index (κ3) is 3.07. The van der Waals surface area contributed by atoms with Crippen LogP contribution in [0.2, 0.25) is 5.02 Å². The second-order valence-electron chi connectivity index (χ2n) is 4.92. The van der Waals surface area contributed by atoms with Crippen molar-refractivity contribution in [2.24, 2.45) is 0 Å². The van der Waals surface area contributed by atoms with Gasteiger partial charge >= 0.3 is 0 Å². The molecule has 0 aliphatic rings. The van der Waals surface area contributed by atoms with E-state index < -0.39 is 0 Å². The van der Waals surface area contributed by atoms with Crippen LogP contribution >= 0.6 is 11.6 Å². The third-order valence-corrected chi connectivity index (χ3v) is 3.94. The van der Waals surface area contributed by atoms with E-state index >= 15 is 0 Å². The Hall–Kier alpha value is -1.12. The molecule has 0 aliphatic carbocycles. The topological polar surface area (TPSA) is 24.9 Å². The van der Waals surface area contributed by atoms with Gasteiger partial charge in [0.25, 0.3) is 0 Å². The standard InChI is InChI=1S/C16H21ClN2/c1-4-13(11(3)18-5-2)14-8-9-19-16-10-12(17)6-7-15(14)16/h6-11,13,18H,4-5H2,1-3H3. The highest BCUT2D eigenvalue weighted by Crippen LogP contribution is 2.30. The molecule has 0 radical (unpaired) electrons. The lowest BCUT2D eigenvalue weighted by Gasteiger charge is -2.25. The minimum atomic E-state index is 0.455. The van der Waals surface area contributed by atoms with Crippen molar-refractivity contribution in [1.29, 1.82) is 0 Å². The average Bonchev–Trinajstić information content (AvgIpc) is 2.39. The summed E-state index contributed by atoms with van der Waals surface area (Å²) < 4.78 is 0. The average molecular weight is 277 g/mol. The molecule has 1 heterocycles. The molecule has 1 N–H and O–H groups in total. The van der Waals surface area contributed by atoms with Gasteiger partial charge in [-0.3, -0.25) is 4.98 Å². The number of fused-ring (bicyclic) bond motifs is 1. The minimum absolute atomic E-state index is 0.455. The summed E-state index contributed by atoms with van der Waals surface area (Å²) in [5.74, 6) is 0.492. The first-order valence-corrected chi connectivity index (χ1v) is 7.32. The van der Waals surface area contributed by atoms with Gasteiger partial charge in [-0.05, 0) is 49.6 Å². The highest BCUT2D eigenvalue weighted by Gasteiger charge is 2.19. The molecule has 0 saturated heterocycles. The van der Waals surface area contributed by atoms with Gasteiger partial charge in [-0.1, -0.05) is 31.5 Å². The number of hydrogen-bond donors (Lipinski definition) is 1. The number of rotatable bonds is 5. The summed E-state index contributed by atoms with van der Waals surface area (Å²) in [6.45, 7) is 7.63. The Labute approximate surface area is 120 Å². The summed E-state index contributed by atoms with van der Waals surface area (Å²) in [6, 6.07) is 8.56. The van der Waals surface area contributed by atoms with Crippen LogP contribution in [-0.4, -0.2) is 17.6 Å². The molecule has 0 fully saturated rings. The Balaban J connectivity index is 2.48. The monoisotopic (exact) mass is 276 g/mol. The molecule has 2 rings (SSSR count). The SMILES string of the molecule is CCNC(C)C(CC)c1ccnc2cc(Cl)ccc12. The Morgan fingerprint density at radius 1 is 1.26 bits per heavy atom. The predicted octanol–water partition coefficient (Wildman–Crippen LogP) is 4.38. The number of aromatic nitrogens is 1. The molecule has 1 aromatic carbocycles. The van der Waals surface area contributed by atoms with Gasteiger partial charge in [-0.2, -0.15) is 0 Å². The van der Waals surface area contributed by atoms with Crippen molar-refractivity contribution in [2.75, 3.05) is 6.54 Å². The summed E-state index contributed by atoms with van der Waals surface area (Å²) in [5.41, 5.74) is 2.34. The van der Waals surface area contributed by atoms with E-state index in [4.69, 9.17) is 11.6 Å². The smallest absolute Gasteiger partial charge is 0.0719 e. The summed E-state index contributed by atoms with van der Waals surface area (Å²) in [6.07, 6.45) is 2.99. The fourth-order valence-electron chi connectivity index (χ4n) is 2.77. The number of nitrogens with one attached hydrogen (secondary N) is 1. The van der Waals surface area contributed by atoms with Gasteiger partial charge in [0.05, 0.1) is 5.52 Å². The van der Waals surface area contributed by atoms with Crippen LogP contribution in [-0.2, 0) is 0 Å². The van der Waals surface area contributed by atoms with Crippen LogP contribution < -0.4 is 5.32 Å². The van der Waals surface area contributed by atoms with Crippen LogP contribution in [0.5, 0.6) is 0 Å². The van der Waals surface area contributed by atoms with Crippen LogP contribution in [0, 0.1) is 0 Å². The Morgan fingerprint density at radius 2 is 2.05 bits per heavy atom. The maximum Gasteiger partial charge on any atom is 0.0719 e. The maximum atomic E-state index is 6.04. The fourth-order valence-corrected chi connectivity index (χ4v) is 2.94. The van der Waals surface area contributed by atoms with E-state index in [1.54, 1.807) is 0 Å². The van der Waals surface area contributed by atoms with Gasteiger partial charge in [0, 0.05) is 22.6 Å². The maximum absolute atomic E-state index is 6.04. The second-order valence-corrected chi connectivity index (χ2v) is 5.36. The first kappa shape index (κ1) is 14.3. The summed E-state index contributed by atoms with van der Waals surface area (Å²) >= 11 is 6.04. The van der Waals surface area contributed by atoms with E-state index in [9.17, 15) is 0 Å². The Kier molecular flexibility index (Phi) is 4.78. The van der Waals surface area contributed by atoms with Gasteiger partial charge in [-0.25, -0.2) is 0 Å². The Morgan fingerprint density at radius 3 is 2.74 bits per heavy atom. The first-order valence-electron chi connectivity index (χ1n) is 6.94. The zero-order chi connectivity index (χ0) is 13.8. The lowest BCUT2D eigenvalue weighted by Crippen LogP contribution is -2.31. The molecule has 0 spiro atoms. The van der Waals surface area contributed by atoms with E-state index in [1.165, 1.54) is 10.9 Å². The molecule has 3 heteroatoms. The zero-order valence-electron chi connectivity index (χ0n) is 11.8. The van der Waals surface area contributed by atoms with Crippen molar-refractivity contribution < 1.29 is 0 Å². The van der Waals surface area contributed by atoms with Gasteiger partial charge in [-0.15, -0.1) is 0 Å². The predicted molar refractivity (Wildman–Crippen MR) is 82.9 cm³/mol. The summed E-state index contributed by atoms with van der Waals surface area (Å²) in [7, 11) is 0. The number of nitrogens with zero attached hydrogens (tertiary/aromatic N) is 1. The van der Waals surface area contributed by atoms with Crippen LogP contribution in [0.1, 0.15) is 38.7 Å². The largest absolute Gasteiger partial charge is 0.314 e. The summed E-state index contributed by atoms with van der Waals surface area (Å²) in [5, 5.41) is 5.48. The zero-order valence-corrected chi connectivity index (χ0v) is 12.5. The number of halogens is 1. The normalized spacial score (nSPS) is 14.5. The molecule has 2 aromatic rings. The van der Waals surface area contributed by atoms with Gasteiger partial charge < -0.3 is 5.32 Å². The van der Waals surface area contributed by atoms with Crippen molar-refractivity contribution in [3.8, 4) is 0 Å². The highest BCUT2D eigenvalue weighted by molar-refractivity contribution is 6.31. The van der Waals surface area contributed by atoms with Crippen LogP contribution in [0.4, 0.5) is 0 Å². The van der Waals surface area contributed by atoms with E-state index in [-0.39, 0.29) is 0 Å². The molecule has 0 aliphatic heterocycles. The van der Waals surface area contributed by atoms with E-state index in [0.29, 0.717) is 12.0 Å². The van der Waals surface area contributed by atoms with Crippen molar-refractivity contribution >= 4 is 22.5 Å². The molecule has 0 amide bonds. The number of hydrogen-bond acceptors (Lipinski definition) is 2. The Bertz CT molecular complexity index is 553. The van der Waals surface area contributed by atoms with Gasteiger partial charge in [0.2, 0.25) is 0 Å². The van der Waals surface area contributed by atoms with Crippen molar-refractivity contribution in [2.45, 2.75) is 39.2 Å². The minimum Gasteiger partial charge on any atom is -0.314 e. The van der Waals surface area contributed by atoms with Gasteiger partial charge in [0.1, 0.15) is 0 Å².